The highest BCUT2D eigenvalue weighted by Gasteiger charge is 2.20. The molecular weight excluding hydrogens is 272 g/mol. The first-order valence-electron chi connectivity index (χ1n) is 6.65. The largest absolute Gasteiger partial charge is 0.480 e. The van der Waals surface area contributed by atoms with Gasteiger partial charge in [-0.1, -0.05) is 29.8 Å². The molecule has 0 heterocycles. The van der Waals surface area contributed by atoms with E-state index in [1.165, 1.54) is 13.8 Å². The third kappa shape index (κ3) is 5.64. The average Bonchev–Trinajstić information content (AvgIpc) is 2.38. The van der Waals surface area contributed by atoms with Gasteiger partial charge in [-0.2, -0.15) is 0 Å². The minimum atomic E-state index is -1.10. The molecule has 6 heteroatoms. The van der Waals surface area contributed by atoms with E-state index < -0.39 is 24.0 Å². The zero-order valence-electron chi connectivity index (χ0n) is 12.3. The Morgan fingerprint density at radius 1 is 1.14 bits per heavy atom. The van der Waals surface area contributed by atoms with Crippen LogP contribution in [0.2, 0.25) is 0 Å². The number of nitrogens with one attached hydrogen (secondary N) is 2. The van der Waals surface area contributed by atoms with Crippen LogP contribution in [0.3, 0.4) is 0 Å². The summed E-state index contributed by atoms with van der Waals surface area (Å²) in [5.41, 5.74) is 1.87. The molecule has 1 aromatic carbocycles. The molecule has 1 aromatic rings. The summed E-state index contributed by atoms with van der Waals surface area (Å²) in [5.74, 6) is -1.78. The van der Waals surface area contributed by atoms with Crippen molar-refractivity contribution in [1.82, 2.24) is 10.6 Å². The summed E-state index contributed by atoms with van der Waals surface area (Å²) in [6, 6.07) is 6.01. The second kappa shape index (κ2) is 7.42. The molecule has 0 aliphatic carbocycles. The summed E-state index contributed by atoms with van der Waals surface area (Å²) in [4.78, 5) is 33.9. The lowest BCUT2D eigenvalue weighted by molar-refractivity contribution is -0.141. The number of benzene rings is 1. The fourth-order valence-electron chi connectivity index (χ4n) is 1.84. The van der Waals surface area contributed by atoms with E-state index >= 15 is 0 Å². The van der Waals surface area contributed by atoms with E-state index in [-0.39, 0.29) is 12.3 Å². The Bertz CT molecular complexity index is 525. The van der Waals surface area contributed by atoms with Gasteiger partial charge in [0.05, 0.1) is 12.5 Å². The minimum absolute atomic E-state index is 0.0136. The summed E-state index contributed by atoms with van der Waals surface area (Å²) in [7, 11) is 0. The summed E-state index contributed by atoms with van der Waals surface area (Å²) in [6.45, 7) is 4.71. The van der Waals surface area contributed by atoms with Gasteiger partial charge >= 0.3 is 5.97 Å². The summed E-state index contributed by atoms with van der Waals surface area (Å²) >= 11 is 0. The smallest absolute Gasteiger partial charge is 0.325 e. The molecule has 2 atom stereocenters. The molecule has 0 radical (unpaired) electrons. The van der Waals surface area contributed by atoms with Crippen LogP contribution in [0.25, 0.3) is 0 Å². The fourth-order valence-corrected chi connectivity index (χ4v) is 1.84. The molecule has 0 bridgehead atoms. The lowest BCUT2D eigenvalue weighted by Crippen LogP contribution is -2.40. The van der Waals surface area contributed by atoms with Crippen molar-refractivity contribution in [2.75, 3.05) is 0 Å². The van der Waals surface area contributed by atoms with Crippen LogP contribution in [-0.4, -0.2) is 28.9 Å². The first kappa shape index (κ1) is 16.7. The standard InChI is InChI=1S/C15H20N2O4/c1-9-4-6-12(7-5-9)13(17-11(3)18)8-14(19)16-10(2)15(20)21/h4-7,10,13H,8H2,1-3H3,(H,16,19)(H,17,18)(H,20,21)/t10-,13?/m0/s1. The Hall–Kier alpha value is -2.37. The van der Waals surface area contributed by atoms with Crippen LogP contribution in [0.1, 0.15) is 37.4 Å². The van der Waals surface area contributed by atoms with Gasteiger partial charge in [-0.3, -0.25) is 14.4 Å². The van der Waals surface area contributed by atoms with E-state index in [1.54, 1.807) is 0 Å². The predicted molar refractivity (Wildman–Crippen MR) is 77.6 cm³/mol. The fraction of sp³-hybridized carbons (Fsp3) is 0.400. The first-order chi connectivity index (χ1) is 9.79. The Kier molecular flexibility index (Phi) is 5.90. The molecule has 1 unspecified atom stereocenters. The zero-order chi connectivity index (χ0) is 16.0. The van der Waals surface area contributed by atoms with E-state index in [1.807, 2.05) is 31.2 Å². The molecular formula is C15H20N2O4. The number of hydrogen-bond donors (Lipinski definition) is 3. The van der Waals surface area contributed by atoms with Crippen molar-refractivity contribution in [3.8, 4) is 0 Å². The van der Waals surface area contributed by atoms with Crippen LogP contribution >= 0.6 is 0 Å². The lowest BCUT2D eigenvalue weighted by atomic mass is 10.0. The van der Waals surface area contributed by atoms with Crippen LogP contribution in [0, 0.1) is 6.92 Å². The lowest BCUT2D eigenvalue weighted by Gasteiger charge is -2.19. The molecule has 0 aromatic heterocycles. The minimum Gasteiger partial charge on any atom is -0.480 e. The van der Waals surface area contributed by atoms with Gasteiger partial charge in [0.1, 0.15) is 6.04 Å². The van der Waals surface area contributed by atoms with E-state index in [4.69, 9.17) is 5.11 Å². The monoisotopic (exact) mass is 292 g/mol. The number of carbonyl (C=O) groups excluding carboxylic acids is 2. The third-order valence-corrected chi connectivity index (χ3v) is 2.99. The van der Waals surface area contributed by atoms with Gasteiger partial charge in [0.2, 0.25) is 11.8 Å². The van der Waals surface area contributed by atoms with Crippen molar-refractivity contribution in [2.45, 2.75) is 39.3 Å². The maximum absolute atomic E-state index is 11.9. The van der Waals surface area contributed by atoms with Gasteiger partial charge in [-0.25, -0.2) is 0 Å². The van der Waals surface area contributed by atoms with Gasteiger partial charge < -0.3 is 15.7 Å². The SMILES string of the molecule is CC(=O)NC(CC(=O)N[C@@H](C)C(=O)O)c1ccc(C)cc1. The summed E-state index contributed by atoms with van der Waals surface area (Å²) in [5, 5.41) is 13.8. The molecule has 0 aliphatic rings. The van der Waals surface area contributed by atoms with Crippen molar-refractivity contribution in [1.29, 1.82) is 0 Å². The Morgan fingerprint density at radius 3 is 2.19 bits per heavy atom. The normalized spacial score (nSPS) is 13.1. The van der Waals surface area contributed by atoms with Gasteiger partial charge in [0.25, 0.3) is 0 Å². The molecule has 6 nitrogen and oxygen atoms in total. The van der Waals surface area contributed by atoms with Gasteiger partial charge in [-0.05, 0) is 19.4 Å². The third-order valence-electron chi connectivity index (χ3n) is 2.99. The number of aryl methyl sites for hydroxylation is 1. The number of carboxylic acid groups (broad SMARTS) is 1. The Balaban J connectivity index is 2.79. The molecule has 2 amide bonds. The zero-order valence-corrected chi connectivity index (χ0v) is 12.3. The van der Waals surface area contributed by atoms with Gasteiger partial charge in [-0.15, -0.1) is 0 Å². The van der Waals surface area contributed by atoms with Crippen molar-refractivity contribution in [3.05, 3.63) is 35.4 Å². The molecule has 0 saturated carbocycles. The van der Waals surface area contributed by atoms with Crippen molar-refractivity contribution in [3.63, 3.8) is 0 Å². The molecule has 3 N–H and O–H groups in total. The molecule has 1 rings (SSSR count). The van der Waals surface area contributed by atoms with E-state index in [0.717, 1.165) is 11.1 Å². The quantitative estimate of drug-likeness (QED) is 0.733. The van der Waals surface area contributed by atoms with Crippen LogP contribution in [-0.2, 0) is 14.4 Å². The number of rotatable bonds is 6. The molecule has 0 aliphatic heterocycles. The van der Waals surface area contributed by atoms with Crippen LogP contribution in [0.15, 0.2) is 24.3 Å². The Labute approximate surface area is 123 Å². The number of amides is 2. The molecule has 114 valence electrons. The van der Waals surface area contributed by atoms with E-state index in [9.17, 15) is 14.4 Å². The summed E-state index contributed by atoms with van der Waals surface area (Å²) in [6.07, 6.45) is -0.0136. The second-order valence-electron chi connectivity index (χ2n) is 5.00. The number of carbonyl (C=O) groups is 3. The Morgan fingerprint density at radius 2 is 1.71 bits per heavy atom. The molecule has 0 spiro atoms. The maximum Gasteiger partial charge on any atom is 0.325 e. The number of aliphatic carboxylic acids is 1. The van der Waals surface area contributed by atoms with Crippen molar-refractivity contribution in [2.24, 2.45) is 0 Å². The maximum atomic E-state index is 11.9. The van der Waals surface area contributed by atoms with Crippen molar-refractivity contribution >= 4 is 17.8 Å². The second-order valence-corrected chi connectivity index (χ2v) is 5.00. The number of carboxylic acids is 1. The summed E-state index contributed by atoms with van der Waals surface area (Å²) < 4.78 is 0. The highest BCUT2D eigenvalue weighted by atomic mass is 16.4. The molecule has 21 heavy (non-hydrogen) atoms. The highest BCUT2D eigenvalue weighted by molar-refractivity contribution is 5.84. The molecule has 0 fully saturated rings. The topological polar surface area (TPSA) is 95.5 Å². The van der Waals surface area contributed by atoms with Gasteiger partial charge in [0.15, 0.2) is 0 Å². The van der Waals surface area contributed by atoms with Crippen LogP contribution in [0.5, 0.6) is 0 Å². The van der Waals surface area contributed by atoms with E-state index in [0.29, 0.717) is 0 Å². The molecule has 0 saturated heterocycles. The van der Waals surface area contributed by atoms with Crippen molar-refractivity contribution < 1.29 is 19.5 Å². The van der Waals surface area contributed by atoms with Crippen LogP contribution in [0.4, 0.5) is 0 Å². The predicted octanol–water partition coefficient (Wildman–Crippen LogP) is 1.15. The first-order valence-corrected chi connectivity index (χ1v) is 6.65. The highest BCUT2D eigenvalue weighted by Crippen LogP contribution is 2.17. The number of hydrogen-bond acceptors (Lipinski definition) is 3. The van der Waals surface area contributed by atoms with Gasteiger partial charge in [0, 0.05) is 6.92 Å². The average molecular weight is 292 g/mol. The van der Waals surface area contributed by atoms with E-state index in [2.05, 4.69) is 10.6 Å². The van der Waals surface area contributed by atoms with Crippen LogP contribution < -0.4 is 10.6 Å².